The van der Waals surface area contributed by atoms with Gasteiger partial charge in [0.15, 0.2) is 11.5 Å². The highest BCUT2D eigenvalue weighted by molar-refractivity contribution is 5.68. The molecule has 1 unspecified atom stereocenters. The number of imidazole rings is 1. The van der Waals surface area contributed by atoms with E-state index in [-0.39, 0.29) is 29.5 Å². The molecule has 14 nitrogen and oxygen atoms in total. The number of rotatable bonds is 15. The summed E-state index contributed by atoms with van der Waals surface area (Å²) in [6.07, 6.45) is 5.68. The average Bonchev–Trinajstić information content (AvgIpc) is 3.59. The molecule has 56 heavy (non-hydrogen) atoms. The molecular formula is C42H58N6O8. The van der Waals surface area contributed by atoms with Gasteiger partial charge in [-0.25, -0.2) is 14.3 Å². The third kappa shape index (κ3) is 9.01. The van der Waals surface area contributed by atoms with Crippen molar-refractivity contribution in [3.05, 3.63) is 59.4 Å². The van der Waals surface area contributed by atoms with E-state index in [2.05, 4.69) is 11.8 Å². The highest BCUT2D eigenvalue weighted by Gasteiger charge is 2.49. The molecule has 2 aromatic heterocycles. The Labute approximate surface area is 330 Å². The van der Waals surface area contributed by atoms with E-state index in [4.69, 9.17) is 43.5 Å². The molecule has 1 saturated heterocycles. The predicted molar refractivity (Wildman–Crippen MR) is 212 cm³/mol. The van der Waals surface area contributed by atoms with E-state index < -0.39 is 11.7 Å². The van der Waals surface area contributed by atoms with Crippen LogP contribution in [0.25, 0.3) is 5.65 Å². The number of piperidine rings is 1. The largest absolute Gasteiger partial charge is 0.497 e. The number of methoxy groups -OCH3 is 4. The zero-order valence-electron chi connectivity index (χ0n) is 34.3. The van der Waals surface area contributed by atoms with Gasteiger partial charge in [0.2, 0.25) is 0 Å². The Morgan fingerprint density at radius 1 is 0.946 bits per heavy atom. The lowest BCUT2D eigenvalue weighted by Gasteiger charge is -2.53. The fourth-order valence-electron chi connectivity index (χ4n) is 7.97. The van der Waals surface area contributed by atoms with Crippen LogP contribution in [-0.2, 0) is 17.8 Å². The Kier molecular flexibility index (Phi) is 12.4. The molecule has 1 aliphatic heterocycles. The van der Waals surface area contributed by atoms with Crippen molar-refractivity contribution in [1.82, 2.24) is 24.5 Å². The van der Waals surface area contributed by atoms with Gasteiger partial charge in [-0.2, -0.15) is 4.98 Å². The van der Waals surface area contributed by atoms with Crippen LogP contribution in [-0.4, -0.2) is 88.9 Å². The highest BCUT2D eigenvalue weighted by Crippen LogP contribution is 2.56. The van der Waals surface area contributed by atoms with Crippen LogP contribution < -0.4 is 28.6 Å². The molecule has 2 fully saturated rings. The van der Waals surface area contributed by atoms with Gasteiger partial charge in [-0.05, 0) is 95.4 Å². The summed E-state index contributed by atoms with van der Waals surface area (Å²) < 4.78 is 36.3. The minimum absolute atomic E-state index is 0.00741. The van der Waals surface area contributed by atoms with Crippen LogP contribution in [0.2, 0.25) is 0 Å². The van der Waals surface area contributed by atoms with E-state index in [0.717, 1.165) is 49.7 Å². The zero-order chi connectivity index (χ0) is 40.2. The number of amides is 1. The molecule has 1 saturated carbocycles. The quantitative estimate of drug-likeness (QED) is 0.129. The van der Waals surface area contributed by atoms with E-state index in [1.54, 1.807) is 44.1 Å². The Hall–Kier alpha value is -4.98. The topological polar surface area (TPSA) is 142 Å². The highest BCUT2D eigenvalue weighted by atomic mass is 16.6. The first-order valence-electron chi connectivity index (χ1n) is 19.5. The second-order valence-corrected chi connectivity index (χ2v) is 16.1. The lowest BCUT2D eigenvalue weighted by Crippen LogP contribution is -2.50. The van der Waals surface area contributed by atoms with E-state index in [9.17, 15) is 9.90 Å². The van der Waals surface area contributed by atoms with Gasteiger partial charge in [-0.3, -0.25) is 0 Å². The van der Waals surface area contributed by atoms with Gasteiger partial charge in [-0.1, -0.05) is 13.3 Å². The normalized spacial score (nSPS) is 16.6. The maximum absolute atomic E-state index is 12.7. The monoisotopic (exact) mass is 774 g/mol. The van der Waals surface area contributed by atoms with Crippen molar-refractivity contribution < 1.29 is 38.3 Å². The summed E-state index contributed by atoms with van der Waals surface area (Å²) >= 11 is 0. The number of fused-ring (bicyclic) bond motifs is 1. The minimum Gasteiger partial charge on any atom is -0.497 e. The molecule has 1 N–H and O–H groups in total. The van der Waals surface area contributed by atoms with Crippen LogP contribution in [0.1, 0.15) is 96.1 Å². The van der Waals surface area contributed by atoms with E-state index in [1.165, 1.54) is 0 Å². The molecule has 14 heteroatoms. The number of carbonyl (C=O) groups excluding carboxylic acids is 1. The molecule has 3 heterocycles. The van der Waals surface area contributed by atoms with E-state index in [1.807, 2.05) is 64.1 Å². The summed E-state index contributed by atoms with van der Waals surface area (Å²) in [5.74, 6) is 3.20. The number of aromatic nitrogens is 4. The first-order valence-corrected chi connectivity index (χ1v) is 19.5. The number of nitrogens with zero attached hydrogens (tertiary/aromatic N) is 6. The third-order valence-corrected chi connectivity index (χ3v) is 11.0. The molecular weight excluding hydrogens is 716 g/mol. The fraction of sp³-hybridized carbons (Fsp3) is 0.571. The van der Waals surface area contributed by atoms with Gasteiger partial charge in [0.05, 0.1) is 46.4 Å². The molecule has 1 spiro atoms. The summed E-state index contributed by atoms with van der Waals surface area (Å²) in [5.41, 5.74) is 2.39. The van der Waals surface area contributed by atoms with Crippen molar-refractivity contribution in [2.75, 3.05) is 46.4 Å². The van der Waals surface area contributed by atoms with Crippen LogP contribution in [0, 0.1) is 11.3 Å². The zero-order valence-corrected chi connectivity index (χ0v) is 34.3. The van der Waals surface area contributed by atoms with Gasteiger partial charge < -0.3 is 43.3 Å². The number of aliphatic hydroxyl groups excluding tert-OH is 1. The fourth-order valence-corrected chi connectivity index (χ4v) is 7.97. The summed E-state index contributed by atoms with van der Waals surface area (Å²) in [6, 6.07) is 11.6. The Balaban J connectivity index is 1.34. The lowest BCUT2D eigenvalue weighted by atomic mass is 9.56. The van der Waals surface area contributed by atoms with Crippen molar-refractivity contribution in [1.29, 1.82) is 0 Å². The molecule has 0 bridgehead atoms. The first kappa shape index (κ1) is 40.7. The number of anilines is 1. The van der Waals surface area contributed by atoms with Gasteiger partial charge in [0, 0.05) is 49.4 Å². The minimum atomic E-state index is -0.819. The molecule has 2 aliphatic rings. The van der Waals surface area contributed by atoms with Crippen molar-refractivity contribution in [2.45, 2.75) is 104 Å². The van der Waals surface area contributed by atoms with Gasteiger partial charge in [0.1, 0.15) is 34.7 Å². The van der Waals surface area contributed by atoms with E-state index >= 15 is 0 Å². The molecule has 304 valence electrons. The van der Waals surface area contributed by atoms with Crippen LogP contribution in [0.3, 0.4) is 0 Å². The number of carbonyl (C=O) groups is 1. The third-order valence-electron chi connectivity index (χ3n) is 11.0. The lowest BCUT2D eigenvalue weighted by molar-refractivity contribution is -0.0716. The van der Waals surface area contributed by atoms with Crippen molar-refractivity contribution >= 4 is 17.6 Å². The van der Waals surface area contributed by atoms with Crippen LogP contribution in [0.4, 0.5) is 10.6 Å². The maximum atomic E-state index is 12.7. The number of benzene rings is 2. The van der Waals surface area contributed by atoms with Gasteiger partial charge in [-0.15, -0.1) is 5.10 Å². The van der Waals surface area contributed by atoms with Crippen LogP contribution in [0.15, 0.2) is 42.6 Å². The summed E-state index contributed by atoms with van der Waals surface area (Å²) in [4.78, 5) is 26.5. The number of likely N-dealkylation sites (tertiary alicyclic amines) is 1. The number of hydrogen-bond donors (Lipinski definition) is 1. The standard InChI is InChI=1S/C42H58N6O8/c1-10-11-27(2)55-39-44-38(47(25-28-12-14-31(51-6)20-34(28)53-8)26-29-13-15-32(52-7)21-35(29)54-9)37-43-24-33(48(37)45-39)36(49)30-22-42(23-30)16-18-46(19-17-42)40(50)56-41(3,4)5/h12-15,20-21,24,27,30,36,49H,10-11,16-19,22-23,25-26H2,1-9H3/t27-,36?/m0/s1. The van der Waals surface area contributed by atoms with Crippen molar-refractivity contribution in [3.8, 4) is 29.0 Å². The van der Waals surface area contributed by atoms with Gasteiger partial charge >= 0.3 is 12.1 Å². The summed E-state index contributed by atoms with van der Waals surface area (Å²) in [5, 5.41) is 16.8. The molecule has 2 aromatic carbocycles. The van der Waals surface area contributed by atoms with Crippen LogP contribution >= 0.6 is 0 Å². The average molecular weight is 775 g/mol. The predicted octanol–water partition coefficient (Wildman–Crippen LogP) is 7.39. The second kappa shape index (κ2) is 17.0. The molecule has 4 aromatic rings. The summed E-state index contributed by atoms with van der Waals surface area (Å²) in [7, 11) is 6.52. The molecule has 0 radical (unpaired) electrons. The Morgan fingerprint density at radius 3 is 2.05 bits per heavy atom. The Bertz CT molecular complexity index is 1910. The molecule has 6 rings (SSSR count). The maximum Gasteiger partial charge on any atom is 0.410 e. The van der Waals surface area contributed by atoms with E-state index in [0.29, 0.717) is 66.3 Å². The van der Waals surface area contributed by atoms with Gasteiger partial charge in [0.25, 0.3) is 0 Å². The molecule has 1 amide bonds. The number of aliphatic hydroxyl groups is 1. The molecule has 1 aliphatic carbocycles. The first-order chi connectivity index (χ1) is 26.8. The smallest absolute Gasteiger partial charge is 0.410 e. The second-order valence-electron chi connectivity index (χ2n) is 16.1. The summed E-state index contributed by atoms with van der Waals surface area (Å²) in [6.45, 7) is 11.8. The SMILES string of the molecule is CCC[C@H](C)Oc1nc(N(Cc2ccc(OC)cc2OC)Cc2ccc(OC)cc2OC)c2ncc(C(O)C3CC4(CCN(C(=O)OC(C)(C)C)CC4)C3)n2n1. The number of ether oxygens (including phenoxy) is 6. The Morgan fingerprint density at radius 2 is 1.54 bits per heavy atom. The van der Waals surface area contributed by atoms with Crippen molar-refractivity contribution in [3.63, 3.8) is 0 Å². The van der Waals surface area contributed by atoms with Crippen molar-refractivity contribution in [2.24, 2.45) is 11.3 Å². The molecule has 2 atom stereocenters. The number of hydrogen-bond acceptors (Lipinski definition) is 12. The van der Waals surface area contributed by atoms with Crippen LogP contribution in [0.5, 0.6) is 29.0 Å².